The van der Waals surface area contributed by atoms with Gasteiger partial charge in [0.1, 0.15) is 6.04 Å². The summed E-state index contributed by atoms with van der Waals surface area (Å²) in [6, 6.07) is 11.4. The molecule has 7 nitrogen and oxygen atoms in total. The fourth-order valence-electron chi connectivity index (χ4n) is 4.33. The number of benzene rings is 2. The Morgan fingerprint density at radius 2 is 1.53 bits per heavy atom. The van der Waals surface area contributed by atoms with Crippen LogP contribution in [0.2, 0.25) is 0 Å². The predicted molar refractivity (Wildman–Crippen MR) is 119 cm³/mol. The Balaban J connectivity index is 1.34. The van der Waals surface area contributed by atoms with Crippen molar-refractivity contribution >= 4 is 23.6 Å². The van der Waals surface area contributed by atoms with Gasteiger partial charge in [0.15, 0.2) is 0 Å². The van der Waals surface area contributed by atoms with Crippen LogP contribution in [-0.4, -0.2) is 58.6 Å². The van der Waals surface area contributed by atoms with Crippen LogP contribution in [0, 0.1) is 13.8 Å². The number of carbonyl (C=O) groups excluding carboxylic acids is 4. The number of nitrogens with one attached hydrogen (secondary N) is 1. The summed E-state index contributed by atoms with van der Waals surface area (Å²) in [7, 11) is 0. The zero-order chi connectivity index (χ0) is 23.0. The first-order chi connectivity index (χ1) is 15.3. The first-order valence-electron chi connectivity index (χ1n) is 10.9. The Kier molecular flexibility index (Phi) is 5.82. The minimum atomic E-state index is -0.871. The summed E-state index contributed by atoms with van der Waals surface area (Å²) < 4.78 is 0. The Morgan fingerprint density at radius 3 is 2.09 bits per heavy atom. The van der Waals surface area contributed by atoms with Crippen molar-refractivity contribution in [3.63, 3.8) is 0 Å². The third-order valence-electron chi connectivity index (χ3n) is 6.48. The molecular formula is C25H27N3O4. The van der Waals surface area contributed by atoms with Crippen molar-refractivity contribution in [1.82, 2.24) is 15.1 Å². The topological polar surface area (TPSA) is 86.8 Å². The van der Waals surface area contributed by atoms with Crippen molar-refractivity contribution in [3.8, 4) is 0 Å². The van der Waals surface area contributed by atoms with Crippen molar-refractivity contribution in [3.05, 3.63) is 70.3 Å². The molecule has 2 aliphatic rings. The van der Waals surface area contributed by atoms with Gasteiger partial charge in [-0.15, -0.1) is 0 Å². The van der Waals surface area contributed by atoms with Gasteiger partial charge in [0.05, 0.1) is 11.1 Å². The van der Waals surface area contributed by atoms with E-state index < -0.39 is 17.9 Å². The fraction of sp³-hybridized carbons (Fsp3) is 0.360. The second-order valence-corrected chi connectivity index (χ2v) is 8.57. The lowest BCUT2D eigenvalue weighted by Gasteiger charge is -2.35. The Morgan fingerprint density at radius 1 is 0.938 bits per heavy atom. The Hall–Kier alpha value is -3.48. The minimum absolute atomic E-state index is 0.0252. The maximum absolute atomic E-state index is 13.0. The molecule has 1 unspecified atom stereocenters. The molecular weight excluding hydrogens is 406 g/mol. The summed E-state index contributed by atoms with van der Waals surface area (Å²) in [6.07, 6.45) is 1.24. The second-order valence-electron chi connectivity index (χ2n) is 8.57. The maximum atomic E-state index is 13.0. The summed E-state index contributed by atoms with van der Waals surface area (Å²) in [5, 5.41) is 3.06. The molecule has 1 N–H and O–H groups in total. The molecule has 32 heavy (non-hydrogen) atoms. The zero-order valence-electron chi connectivity index (χ0n) is 18.6. The van der Waals surface area contributed by atoms with Crippen LogP contribution >= 0.6 is 0 Å². The first kappa shape index (κ1) is 21.7. The number of amides is 4. The number of likely N-dealkylation sites (tertiary alicyclic amines) is 1. The van der Waals surface area contributed by atoms with Crippen molar-refractivity contribution in [2.24, 2.45) is 0 Å². The highest BCUT2D eigenvalue weighted by atomic mass is 16.2. The third-order valence-corrected chi connectivity index (χ3v) is 6.48. The van der Waals surface area contributed by atoms with Crippen LogP contribution in [0.1, 0.15) is 62.0 Å². The van der Waals surface area contributed by atoms with Gasteiger partial charge in [0.2, 0.25) is 5.91 Å². The SMILES string of the molecule is Cc1ccc(C(=O)NC2CCN(C(=O)C(C)N3C(=O)c4ccccc4C3=O)CC2)cc1C. The molecule has 7 heteroatoms. The fourth-order valence-corrected chi connectivity index (χ4v) is 4.33. The van der Waals surface area contributed by atoms with Crippen LogP contribution < -0.4 is 5.32 Å². The molecule has 2 heterocycles. The highest BCUT2D eigenvalue weighted by Crippen LogP contribution is 2.25. The summed E-state index contributed by atoms with van der Waals surface area (Å²) in [4.78, 5) is 53.7. The predicted octanol–water partition coefficient (Wildman–Crippen LogP) is 2.71. The highest BCUT2D eigenvalue weighted by molar-refractivity contribution is 6.22. The normalized spacial score (nSPS) is 17.3. The minimum Gasteiger partial charge on any atom is -0.349 e. The van der Waals surface area contributed by atoms with E-state index in [0.29, 0.717) is 42.6 Å². The Labute approximate surface area is 187 Å². The van der Waals surface area contributed by atoms with Gasteiger partial charge in [0, 0.05) is 24.7 Å². The van der Waals surface area contributed by atoms with Crippen molar-refractivity contribution in [1.29, 1.82) is 0 Å². The number of nitrogens with zero attached hydrogens (tertiary/aromatic N) is 2. The van der Waals surface area contributed by atoms with Crippen LogP contribution in [0.3, 0.4) is 0 Å². The molecule has 166 valence electrons. The third kappa shape index (κ3) is 3.90. The van der Waals surface area contributed by atoms with E-state index in [2.05, 4.69) is 5.32 Å². The molecule has 1 fully saturated rings. The van der Waals surface area contributed by atoms with Gasteiger partial charge >= 0.3 is 0 Å². The summed E-state index contributed by atoms with van der Waals surface area (Å²) in [5.74, 6) is -1.22. The average Bonchev–Trinajstić information content (AvgIpc) is 3.05. The van der Waals surface area contributed by atoms with E-state index in [1.165, 1.54) is 0 Å². The van der Waals surface area contributed by atoms with E-state index in [1.807, 2.05) is 32.0 Å². The Bertz CT molecular complexity index is 1070. The van der Waals surface area contributed by atoms with Crippen molar-refractivity contribution in [2.75, 3.05) is 13.1 Å². The van der Waals surface area contributed by atoms with Crippen LogP contribution in [0.25, 0.3) is 0 Å². The average molecular weight is 434 g/mol. The molecule has 1 atom stereocenters. The molecule has 2 aliphatic heterocycles. The van der Waals surface area contributed by atoms with Gasteiger partial charge in [-0.1, -0.05) is 18.2 Å². The zero-order valence-corrected chi connectivity index (χ0v) is 18.6. The molecule has 2 aromatic carbocycles. The van der Waals surface area contributed by atoms with Gasteiger partial charge < -0.3 is 10.2 Å². The summed E-state index contributed by atoms with van der Waals surface area (Å²) in [6.45, 7) is 6.50. The molecule has 0 bridgehead atoms. The summed E-state index contributed by atoms with van der Waals surface area (Å²) >= 11 is 0. The molecule has 2 aromatic rings. The van der Waals surface area contributed by atoms with Gasteiger partial charge in [-0.25, -0.2) is 0 Å². The van der Waals surface area contributed by atoms with Crippen LogP contribution in [0.5, 0.6) is 0 Å². The molecule has 4 rings (SSSR count). The van der Waals surface area contributed by atoms with E-state index in [9.17, 15) is 19.2 Å². The van der Waals surface area contributed by atoms with Crippen LogP contribution in [0.4, 0.5) is 0 Å². The largest absolute Gasteiger partial charge is 0.349 e. The molecule has 0 aromatic heterocycles. The lowest BCUT2D eigenvalue weighted by Crippen LogP contribution is -2.53. The van der Waals surface area contributed by atoms with Crippen molar-refractivity contribution in [2.45, 2.75) is 45.7 Å². The molecule has 0 saturated carbocycles. The molecule has 1 saturated heterocycles. The number of aryl methyl sites for hydroxylation is 2. The monoisotopic (exact) mass is 433 g/mol. The smallest absolute Gasteiger partial charge is 0.262 e. The molecule has 0 aliphatic carbocycles. The maximum Gasteiger partial charge on any atom is 0.262 e. The molecule has 0 radical (unpaired) electrons. The van der Waals surface area contributed by atoms with Crippen LogP contribution in [0.15, 0.2) is 42.5 Å². The highest BCUT2D eigenvalue weighted by Gasteiger charge is 2.42. The number of imide groups is 1. The molecule has 0 spiro atoms. The molecule has 4 amide bonds. The second kappa shape index (κ2) is 8.57. The number of hydrogen-bond donors (Lipinski definition) is 1. The van der Waals surface area contributed by atoms with Crippen molar-refractivity contribution < 1.29 is 19.2 Å². The first-order valence-corrected chi connectivity index (χ1v) is 10.9. The van der Waals surface area contributed by atoms with Gasteiger partial charge in [-0.3, -0.25) is 24.1 Å². The lowest BCUT2D eigenvalue weighted by molar-refractivity contribution is -0.136. The number of fused-ring (bicyclic) bond motifs is 1. The number of rotatable bonds is 4. The standard InChI is InChI=1S/C25H27N3O4/c1-15-8-9-18(14-16(15)2)22(29)26-19-10-12-27(13-11-19)23(30)17(3)28-24(31)20-6-4-5-7-21(20)25(28)32/h4-9,14,17,19H,10-13H2,1-3H3,(H,26,29). The number of carbonyl (C=O) groups is 4. The van der Waals surface area contributed by atoms with Crippen LogP contribution in [-0.2, 0) is 4.79 Å². The van der Waals surface area contributed by atoms with Gasteiger partial charge in [-0.2, -0.15) is 0 Å². The number of hydrogen-bond acceptors (Lipinski definition) is 4. The van der Waals surface area contributed by atoms with E-state index >= 15 is 0 Å². The quantitative estimate of drug-likeness (QED) is 0.751. The van der Waals surface area contributed by atoms with E-state index in [0.717, 1.165) is 16.0 Å². The van der Waals surface area contributed by atoms with E-state index in [-0.39, 0.29) is 17.9 Å². The lowest BCUT2D eigenvalue weighted by atomic mass is 10.0. The van der Waals surface area contributed by atoms with Gasteiger partial charge in [0.25, 0.3) is 17.7 Å². The number of piperidine rings is 1. The van der Waals surface area contributed by atoms with Gasteiger partial charge in [-0.05, 0) is 69.0 Å². The summed E-state index contributed by atoms with van der Waals surface area (Å²) in [5.41, 5.74) is 3.52. The van der Waals surface area contributed by atoms with E-state index in [1.54, 1.807) is 36.1 Å². The van der Waals surface area contributed by atoms with E-state index in [4.69, 9.17) is 0 Å².